The maximum absolute atomic E-state index is 11.1. The van der Waals surface area contributed by atoms with E-state index in [9.17, 15) is 4.79 Å². The van der Waals surface area contributed by atoms with Crippen LogP contribution in [0.1, 0.15) is 5.69 Å². The molecule has 0 saturated carbocycles. The third-order valence-electron chi connectivity index (χ3n) is 3.35. The zero-order chi connectivity index (χ0) is 15.5. The lowest BCUT2D eigenvalue weighted by atomic mass is 10.0. The number of carboxylic acid groups (broad SMARTS) is 1. The van der Waals surface area contributed by atoms with Crippen molar-refractivity contribution in [2.75, 3.05) is 5.73 Å². The number of hydrogen-bond acceptors (Lipinski definition) is 3. The van der Waals surface area contributed by atoms with E-state index in [0.717, 1.165) is 16.8 Å². The fourth-order valence-corrected chi connectivity index (χ4v) is 2.30. The van der Waals surface area contributed by atoms with Crippen LogP contribution >= 0.6 is 0 Å². The van der Waals surface area contributed by atoms with Crippen molar-refractivity contribution in [3.05, 3.63) is 66.5 Å². The second-order valence-electron chi connectivity index (χ2n) is 4.96. The van der Waals surface area contributed by atoms with Gasteiger partial charge >= 0.3 is 5.97 Å². The van der Waals surface area contributed by atoms with E-state index in [1.807, 2.05) is 48.7 Å². The van der Waals surface area contributed by atoms with Gasteiger partial charge < -0.3 is 10.8 Å². The van der Waals surface area contributed by atoms with Crippen molar-refractivity contribution >= 4 is 11.7 Å². The molecule has 0 aliphatic carbocycles. The summed E-state index contributed by atoms with van der Waals surface area (Å²) < 4.78 is 1.70. The largest absolute Gasteiger partial charge is 0.481 e. The van der Waals surface area contributed by atoms with Gasteiger partial charge in [-0.15, -0.1) is 0 Å². The Kier molecular flexibility index (Phi) is 3.62. The molecule has 0 unspecified atom stereocenters. The predicted molar refractivity (Wildman–Crippen MR) is 84.8 cm³/mol. The van der Waals surface area contributed by atoms with Crippen molar-refractivity contribution in [3.8, 4) is 16.8 Å². The minimum atomic E-state index is -0.907. The Morgan fingerprint density at radius 1 is 1.09 bits per heavy atom. The summed E-state index contributed by atoms with van der Waals surface area (Å²) in [6.07, 6.45) is 1.72. The molecule has 5 heteroatoms. The zero-order valence-corrected chi connectivity index (χ0v) is 11.8. The molecule has 2 aromatic carbocycles. The molecule has 0 radical (unpaired) electrons. The van der Waals surface area contributed by atoms with Gasteiger partial charge in [-0.1, -0.05) is 30.3 Å². The molecule has 3 N–H and O–H groups in total. The first-order valence-electron chi connectivity index (χ1n) is 6.85. The first-order chi connectivity index (χ1) is 10.6. The summed E-state index contributed by atoms with van der Waals surface area (Å²) in [5, 5.41) is 13.5. The van der Waals surface area contributed by atoms with E-state index in [4.69, 9.17) is 10.8 Å². The van der Waals surface area contributed by atoms with Gasteiger partial charge in [0, 0.05) is 17.4 Å². The lowest BCUT2D eigenvalue weighted by Crippen LogP contribution is -2.03. The van der Waals surface area contributed by atoms with Crippen LogP contribution in [0.15, 0.2) is 60.8 Å². The topological polar surface area (TPSA) is 81.1 Å². The molecule has 0 atom stereocenters. The Labute approximate surface area is 127 Å². The van der Waals surface area contributed by atoms with Crippen molar-refractivity contribution in [1.82, 2.24) is 9.78 Å². The number of carbonyl (C=O) groups is 1. The number of anilines is 1. The van der Waals surface area contributed by atoms with Crippen molar-refractivity contribution in [2.24, 2.45) is 0 Å². The summed E-state index contributed by atoms with van der Waals surface area (Å²) in [7, 11) is 0. The van der Waals surface area contributed by atoms with Crippen molar-refractivity contribution in [2.45, 2.75) is 6.42 Å². The minimum Gasteiger partial charge on any atom is -0.481 e. The second-order valence-corrected chi connectivity index (χ2v) is 4.96. The fourth-order valence-electron chi connectivity index (χ4n) is 2.30. The van der Waals surface area contributed by atoms with Crippen LogP contribution in [-0.4, -0.2) is 20.9 Å². The molecule has 1 heterocycles. The Morgan fingerprint density at radius 2 is 1.77 bits per heavy atom. The summed E-state index contributed by atoms with van der Waals surface area (Å²) in [5.74, 6) is -0.907. The Balaban J connectivity index is 2.09. The molecule has 0 aliphatic heterocycles. The molecule has 3 aromatic rings. The Hall–Kier alpha value is -3.08. The number of nitrogens with two attached hydrogens (primary N) is 1. The molecule has 5 nitrogen and oxygen atoms in total. The number of rotatable bonds is 4. The lowest BCUT2D eigenvalue weighted by Gasteiger charge is -2.01. The molecule has 3 rings (SSSR count). The number of carboxylic acids is 1. The van der Waals surface area contributed by atoms with Crippen LogP contribution in [0.2, 0.25) is 0 Å². The molecule has 0 amide bonds. The molecule has 0 fully saturated rings. The van der Waals surface area contributed by atoms with Crippen molar-refractivity contribution in [1.29, 1.82) is 0 Å². The van der Waals surface area contributed by atoms with E-state index in [0.29, 0.717) is 11.4 Å². The van der Waals surface area contributed by atoms with Crippen LogP contribution in [0.5, 0.6) is 0 Å². The summed E-state index contributed by atoms with van der Waals surface area (Å²) in [5.41, 5.74) is 9.48. The lowest BCUT2D eigenvalue weighted by molar-refractivity contribution is -0.136. The van der Waals surface area contributed by atoms with Gasteiger partial charge in [0.15, 0.2) is 0 Å². The average Bonchev–Trinajstić information content (AvgIpc) is 2.92. The van der Waals surface area contributed by atoms with E-state index < -0.39 is 5.97 Å². The second kappa shape index (κ2) is 5.73. The highest BCUT2D eigenvalue weighted by molar-refractivity contribution is 5.75. The molecule has 0 bridgehead atoms. The normalized spacial score (nSPS) is 10.5. The number of benzene rings is 2. The highest BCUT2D eigenvalue weighted by atomic mass is 16.4. The number of aromatic nitrogens is 2. The number of aliphatic carboxylic acids is 1. The summed E-state index contributed by atoms with van der Waals surface area (Å²) in [6.45, 7) is 0. The van der Waals surface area contributed by atoms with Gasteiger partial charge in [-0.25, -0.2) is 4.68 Å². The minimum absolute atomic E-state index is 0.125. The first kappa shape index (κ1) is 13.9. The molecule has 0 spiro atoms. The third-order valence-corrected chi connectivity index (χ3v) is 3.35. The SMILES string of the molecule is Nc1ccc(-c2cn(-c3ccccc3)nc2CC(=O)O)cc1. The Bertz CT molecular complexity index is 793. The third kappa shape index (κ3) is 2.83. The molecular weight excluding hydrogens is 278 g/mol. The van der Waals surface area contributed by atoms with Gasteiger partial charge in [0.25, 0.3) is 0 Å². The predicted octanol–water partition coefficient (Wildman–Crippen LogP) is 2.75. The molecule has 1 aromatic heterocycles. The van der Waals surface area contributed by atoms with Crippen molar-refractivity contribution < 1.29 is 9.90 Å². The quantitative estimate of drug-likeness (QED) is 0.725. The molecular formula is C17H15N3O2. The van der Waals surface area contributed by atoms with Crippen LogP contribution in [0.3, 0.4) is 0 Å². The van der Waals surface area contributed by atoms with Crippen LogP contribution in [0.25, 0.3) is 16.8 Å². The van der Waals surface area contributed by atoms with E-state index in [1.165, 1.54) is 0 Å². The zero-order valence-electron chi connectivity index (χ0n) is 11.8. The standard InChI is InChI=1S/C17H15N3O2/c18-13-8-6-12(7-9-13)15-11-20(14-4-2-1-3-5-14)19-16(15)10-17(21)22/h1-9,11H,10,18H2,(H,21,22). The van der Waals surface area contributed by atoms with Gasteiger partial charge in [0.05, 0.1) is 17.8 Å². The van der Waals surface area contributed by atoms with E-state index in [-0.39, 0.29) is 6.42 Å². The number of nitrogen functional groups attached to an aromatic ring is 1. The van der Waals surface area contributed by atoms with Crippen LogP contribution in [-0.2, 0) is 11.2 Å². The van der Waals surface area contributed by atoms with Gasteiger partial charge in [-0.05, 0) is 29.8 Å². The van der Waals surface area contributed by atoms with E-state index in [2.05, 4.69) is 5.10 Å². The molecule has 110 valence electrons. The van der Waals surface area contributed by atoms with Crippen LogP contribution in [0.4, 0.5) is 5.69 Å². The number of para-hydroxylation sites is 1. The molecule has 0 saturated heterocycles. The maximum atomic E-state index is 11.1. The highest BCUT2D eigenvalue weighted by Crippen LogP contribution is 2.25. The number of nitrogens with zero attached hydrogens (tertiary/aromatic N) is 2. The van der Waals surface area contributed by atoms with Crippen LogP contribution in [0, 0.1) is 0 Å². The molecule has 0 aliphatic rings. The summed E-state index contributed by atoms with van der Waals surface area (Å²) in [4.78, 5) is 11.1. The van der Waals surface area contributed by atoms with E-state index >= 15 is 0 Å². The van der Waals surface area contributed by atoms with Crippen molar-refractivity contribution in [3.63, 3.8) is 0 Å². The van der Waals surface area contributed by atoms with Gasteiger partial charge in [-0.2, -0.15) is 5.10 Å². The van der Waals surface area contributed by atoms with Gasteiger partial charge in [0.2, 0.25) is 0 Å². The van der Waals surface area contributed by atoms with Gasteiger partial charge in [0.1, 0.15) is 0 Å². The monoisotopic (exact) mass is 293 g/mol. The summed E-state index contributed by atoms with van der Waals surface area (Å²) >= 11 is 0. The van der Waals surface area contributed by atoms with E-state index in [1.54, 1.807) is 16.8 Å². The van der Waals surface area contributed by atoms with Gasteiger partial charge in [-0.3, -0.25) is 4.79 Å². The summed E-state index contributed by atoms with van der Waals surface area (Å²) in [6, 6.07) is 16.9. The smallest absolute Gasteiger partial charge is 0.309 e. The number of hydrogen-bond donors (Lipinski definition) is 2. The van der Waals surface area contributed by atoms with Crippen LogP contribution < -0.4 is 5.73 Å². The maximum Gasteiger partial charge on any atom is 0.309 e. The Morgan fingerprint density at radius 3 is 2.41 bits per heavy atom. The fraction of sp³-hybridized carbons (Fsp3) is 0.0588. The highest BCUT2D eigenvalue weighted by Gasteiger charge is 2.14. The molecule has 22 heavy (non-hydrogen) atoms. The first-order valence-corrected chi connectivity index (χ1v) is 6.85. The average molecular weight is 293 g/mol.